The summed E-state index contributed by atoms with van der Waals surface area (Å²) < 4.78 is 2.09. The summed E-state index contributed by atoms with van der Waals surface area (Å²) in [6, 6.07) is 6.01. The molecular weight excluding hydrogens is 250 g/mol. The lowest BCUT2D eigenvalue weighted by atomic mass is 10.2. The summed E-state index contributed by atoms with van der Waals surface area (Å²) >= 11 is 6.00. The van der Waals surface area contributed by atoms with Crippen LogP contribution < -0.4 is 5.32 Å². The van der Waals surface area contributed by atoms with Crippen molar-refractivity contribution in [2.45, 2.75) is 25.4 Å². The van der Waals surface area contributed by atoms with Crippen LogP contribution in [-0.4, -0.2) is 27.8 Å². The zero-order chi connectivity index (χ0) is 12.5. The van der Waals surface area contributed by atoms with Gasteiger partial charge in [-0.05, 0) is 37.6 Å². The van der Waals surface area contributed by atoms with Gasteiger partial charge in [0.05, 0.1) is 23.7 Å². The largest absolute Gasteiger partial charge is 0.395 e. The smallest absolute Gasteiger partial charge is 0.127 e. The van der Waals surface area contributed by atoms with Gasteiger partial charge in [0, 0.05) is 11.6 Å². The van der Waals surface area contributed by atoms with Crippen molar-refractivity contribution < 1.29 is 5.11 Å². The number of rotatable bonds is 3. The summed E-state index contributed by atoms with van der Waals surface area (Å²) in [7, 11) is 0. The van der Waals surface area contributed by atoms with Crippen molar-refractivity contribution in [2.75, 3.05) is 13.2 Å². The molecule has 0 spiro atoms. The Kier molecular flexibility index (Phi) is 3.24. The Hall–Kier alpha value is -1.10. The Balaban J connectivity index is 2.13. The summed E-state index contributed by atoms with van der Waals surface area (Å²) in [5.41, 5.74) is 1.94. The predicted molar refractivity (Wildman–Crippen MR) is 71.8 cm³/mol. The van der Waals surface area contributed by atoms with Gasteiger partial charge < -0.3 is 15.0 Å². The monoisotopic (exact) mass is 265 g/mol. The normalized spacial score (nSPS) is 19.8. The molecular formula is C13H16ClN3O. The Labute approximate surface area is 111 Å². The first-order chi connectivity index (χ1) is 8.79. The molecule has 1 saturated heterocycles. The van der Waals surface area contributed by atoms with Gasteiger partial charge in [0.25, 0.3) is 0 Å². The van der Waals surface area contributed by atoms with Gasteiger partial charge in [0.2, 0.25) is 0 Å². The highest BCUT2D eigenvalue weighted by molar-refractivity contribution is 6.31. The molecule has 18 heavy (non-hydrogen) atoms. The van der Waals surface area contributed by atoms with E-state index in [4.69, 9.17) is 11.6 Å². The molecule has 1 aliphatic heterocycles. The maximum Gasteiger partial charge on any atom is 0.127 e. The number of aliphatic hydroxyl groups excluding tert-OH is 1. The van der Waals surface area contributed by atoms with Gasteiger partial charge in [-0.2, -0.15) is 0 Å². The molecule has 2 aromatic rings. The molecule has 96 valence electrons. The summed E-state index contributed by atoms with van der Waals surface area (Å²) in [6.07, 6.45) is 2.27. The van der Waals surface area contributed by atoms with Crippen LogP contribution >= 0.6 is 11.6 Å². The second-order valence-corrected chi connectivity index (χ2v) is 5.06. The van der Waals surface area contributed by atoms with Crippen molar-refractivity contribution in [3.05, 3.63) is 29.0 Å². The van der Waals surface area contributed by atoms with Crippen LogP contribution in [0.25, 0.3) is 11.0 Å². The average molecular weight is 266 g/mol. The van der Waals surface area contributed by atoms with Gasteiger partial charge in [-0.3, -0.25) is 0 Å². The van der Waals surface area contributed by atoms with Crippen LogP contribution in [0, 0.1) is 0 Å². The molecule has 0 saturated carbocycles. The maximum absolute atomic E-state index is 9.22. The lowest BCUT2D eigenvalue weighted by Gasteiger charge is -2.12. The van der Waals surface area contributed by atoms with E-state index in [0.29, 0.717) is 17.6 Å². The van der Waals surface area contributed by atoms with E-state index in [1.54, 1.807) is 0 Å². The molecule has 3 rings (SSSR count). The van der Waals surface area contributed by atoms with Crippen molar-refractivity contribution in [3.63, 3.8) is 0 Å². The molecule has 1 atom stereocenters. The highest BCUT2D eigenvalue weighted by Crippen LogP contribution is 2.27. The minimum Gasteiger partial charge on any atom is -0.395 e. The van der Waals surface area contributed by atoms with Gasteiger partial charge >= 0.3 is 0 Å². The zero-order valence-electron chi connectivity index (χ0n) is 10.1. The molecule has 1 unspecified atom stereocenters. The molecule has 4 nitrogen and oxygen atoms in total. The van der Waals surface area contributed by atoms with E-state index in [9.17, 15) is 5.11 Å². The topological polar surface area (TPSA) is 50.1 Å². The number of imidazole rings is 1. The number of benzene rings is 1. The van der Waals surface area contributed by atoms with Crippen LogP contribution in [0.15, 0.2) is 18.2 Å². The Morgan fingerprint density at radius 3 is 3.11 bits per heavy atom. The molecule has 1 fully saturated rings. The highest BCUT2D eigenvalue weighted by Gasteiger charge is 2.22. The fraction of sp³-hybridized carbons (Fsp3) is 0.462. The van der Waals surface area contributed by atoms with Crippen molar-refractivity contribution in [2.24, 2.45) is 0 Å². The Morgan fingerprint density at radius 1 is 1.50 bits per heavy atom. The predicted octanol–water partition coefficient (Wildman–Crippen LogP) is 2.11. The van der Waals surface area contributed by atoms with Gasteiger partial charge in [-0.1, -0.05) is 11.6 Å². The third-order valence-electron chi connectivity index (χ3n) is 3.44. The second-order valence-electron chi connectivity index (χ2n) is 4.63. The summed E-state index contributed by atoms with van der Waals surface area (Å²) in [4.78, 5) is 4.68. The summed E-state index contributed by atoms with van der Waals surface area (Å²) in [5.74, 6) is 1.01. The summed E-state index contributed by atoms with van der Waals surface area (Å²) in [5, 5.41) is 13.4. The fourth-order valence-electron chi connectivity index (χ4n) is 2.63. The van der Waals surface area contributed by atoms with Crippen molar-refractivity contribution in [3.8, 4) is 0 Å². The molecule has 2 N–H and O–H groups in total. The Morgan fingerprint density at radius 2 is 2.39 bits per heavy atom. The SMILES string of the molecule is OCCn1c(C2CCCN2)nc2cc(Cl)ccc21. The van der Waals surface area contributed by atoms with E-state index in [2.05, 4.69) is 14.9 Å². The van der Waals surface area contributed by atoms with Crippen molar-refractivity contribution in [1.29, 1.82) is 0 Å². The van der Waals surface area contributed by atoms with Crippen LogP contribution in [0.1, 0.15) is 24.7 Å². The molecule has 1 aromatic carbocycles. The molecule has 1 aliphatic rings. The van der Waals surface area contributed by atoms with Gasteiger partial charge in [-0.15, -0.1) is 0 Å². The number of aromatic nitrogens is 2. The number of aliphatic hydroxyl groups is 1. The van der Waals surface area contributed by atoms with E-state index in [1.807, 2.05) is 18.2 Å². The second kappa shape index (κ2) is 4.88. The standard InChI is InChI=1S/C13H16ClN3O/c14-9-3-4-12-11(8-9)16-13(17(12)6-7-18)10-2-1-5-15-10/h3-4,8,10,15,18H,1-2,5-7H2. The third-order valence-corrected chi connectivity index (χ3v) is 3.67. The first-order valence-electron chi connectivity index (χ1n) is 6.29. The minimum atomic E-state index is 0.119. The lowest BCUT2D eigenvalue weighted by Crippen LogP contribution is -2.19. The van der Waals surface area contributed by atoms with E-state index in [0.717, 1.165) is 29.8 Å². The molecule has 1 aromatic heterocycles. The molecule has 2 heterocycles. The molecule has 0 amide bonds. The van der Waals surface area contributed by atoms with E-state index >= 15 is 0 Å². The average Bonchev–Trinajstić information content (AvgIpc) is 2.97. The van der Waals surface area contributed by atoms with Crippen LogP contribution in [0.3, 0.4) is 0 Å². The minimum absolute atomic E-state index is 0.119. The molecule has 0 radical (unpaired) electrons. The van der Waals surface area contributed by atoms with Crippen molar-refractivity contribution in [1.82, 2.24) is 14.9 Å². The van der Waals surface area contributed by atoms with Crippen LogP contribution in [0.5, 0.6) is 0 Å². The third kappa shape index (κ3) is 2.00. The lowest BCUT2D eigenvalue weighted by molar-refractivity contribution is 0.274. The molecule has 5 heteroatoms. The van der Waals surface area contributed by atoms with Gasteiger partial charge in [0.1, 0.15) is 5.82 Å². The first-order valence-corrected chi connectivity index (χ1v) is 6.67. The van der Waals surface area contributed by atoms with Crippen LogP contribution in [0.4, 0.5) is 0 Å². The zero-order valence-corrected chi connectivity index (χ0v) is 10.8. The quantitative estimate of drug-likeness (QED) is 0.894. The summed E-state index contributed by atoms with van der Waals surface area (Å²) in [6.45, 7) is 1.73. The number of hydrogen-bond acceptors (Lipinski definition) is 3. The number of fused-ring (bicyclic) bond motifs is 1. The number of nitrogens with zero attached hydrogens (tertiary/aromatic N) is 2. The van der Waals surface area contributed by atoms with Gasteiger partial charge in [-0.25, -0.2) is 4.98 Å². The van der Waals surface area contributed by atoms with E-state index in [1.165, 1.54) is 6.42 Å². The number of hydrogen-bond donors (Lipinski definition) is 2. The van der Waals surface area contributed by atoms with E-state index < -0.39 is 0 Å². The number of nitrogens with one attached hydrogen (secondary N) is 1. The van der Waals surface area contributed by atoms with Crippen LogP contribution in [-0.2, 0) is 6.54 Å². The highest BCUT2D eigenvalue weighted by atomic mass is 35.5. The van der Waals surface area contributed by atoms with Gasteiger partial charge in [0.15, 0.2) is 0 Å². The maximum atomic E-state index is 9.22. The molecule has 0 bridgehead atoms. The molecule has 0 aliphatic carbocycles. The number of halogens is 1. The first kappa shape index (κ1) is 12.0. The van der Waals surface area contributed by atoms with E-state index in [-0.39, 0.29) is 6.61 Å². The van der Waals surface area contributed by atoms with Crippen LogP contribution in [0.2, 0.25) is 5.02 Å². The fourth-order valence-corrected chi connectivity index (χ4v) is 2.79. The van der Waals surface area contributed by atoms with Crippen molar-refractivity contribution >= 4 is 22.6 Å². The Bertz CT molecular complexity index is 561.